The monoisotopic (exact) mass is 494 g/mol. The van der Waals surface area contributed by atoms with E-state index in [-0.39, 0.29) is 22.4 Å². The first-order valence-electron chi connectivity index (χ1n) is 9.90. The lowest BCUT2D eigenvalue weighted by molar-refractivity contribution is -0.130. The molecule has 0 aliphatic heterocycles. The lowest BCUT2D eigenvalue weighted by Gasteiger charge is -2.28. The van der Waals surface area contributed by atoms with Crippen LogP contribution in [0.2, 0.25) is 0 Å². The molecule has 3 aromatic rings. The van der Waals surface area contributed by atoms with Gasteiger partial charge in [-0.25, -0.2) is 18.5 Å². The number of H-pyrrole nitrogens is 1. The van der Waals surface area contributed by atoms with Crippen LogP contribution in [0.25, 0.3) is 10.2 Å². The SMILES string of the molecule is Cc1sc2nc(CSC(C)C(=O)N(C)C(C)c3cccc(S(N)(=O)=O)c3)[nH]c(=O)c2c1C. The Morgan fingerprint density at radius 3 is 2.66 bits per heavy atom. The van der Waals surface area contributed by atoms with E-state index in [1.54, 1.807) is 31.0 Å². The largest absolute Gasteiger partial charge is 0.338 e. The summed E-state index contributed by atoms with van der Waals surface area (Å²) >= 11 is 2.87. The van der Waals surface area contributed by atoms with Crippen LogP contribution in [0.5, 0.6) is 0 Å². The average molecular weight is 495 g/mol. The zero-order valence-corrected chi connectivity index (χ0v) is 21.0. The predicted octanol–water partition coefficient (Wildman–Crippen LogP) is 3.09. The number of hydrogen-bond acceptors (Lipinski definition) is 7. The van der Waals surface area contributed by atoms with E-state index in [2.05, 4.69) is 9.97 Å². The van der Waals surface area contributed by atoms with E-state index in [1.165, 1.54) is 35.2 Å². The highest BCUT2D eigenvalue weighted by Gasteiger charge is 2.24. The number of hydrogen-bond donors (Lipinski definition) is 2. The number of nitrogens with two attached hydrogens (primary N) is 1. The first-order valence-corrected chi connectivity index (χ1v) is 13.3. The number of nitrogens with zero attached hydrogens (tertiary/aromatic N) is 2. The van der Waals surface area contributed by atoms with Crippen LogP contribution in [0.1, 0.15) is 41.7 Å². The number of rotatable bonds is 7. The number of carbonyl (C=O) groups is 1. The van der Waals surface area contributed by atoms with Crippen LogP contribution < -0.4 is 10.7 Å². The number of aromatic amines is 1. The summed E-state index contributed by atoms with van der Waals surface area (Å²) in [4.78, 5) is 36.1. The van der Waals surface area contributed by atoms with Crippen molar-refractivity contribution >= 4 is 49.2 Å². The van der Waals surface area contributed by atoms with Crippen LogP contribution in [0.3, 0.4) is 0 Å². The molecule has 0 aliphatic rings. The molecule has 2 heterocycles. The molecule has 2 atom stereocenters. The van der Waals surface area contributed by atoms with Crippen molar-refractivity contribution < 1.29 is 13.2 Å². The molecule has 32 heavy (non-hydrogen) atoms. The highest BCUT2D eigenvalue weighted by Crippen LogP contribution is 2.28. The molecule has 2 unspecified atom stereocenters. The molecule has 1 amide bonds. The second kappa shape index (κ2) is 9.34. The number of carbonyl (C=O) groups excluding carboxylic acids is 1. The predicted molar refractivity (Wildman–Crippen MR) is 129 cm³/mol. The zero-order valence-electron chi connectivity index (χ0n) is 18.5. The molecule has 172 valence electrons. The van der Waals surface area contributed by atoms with Gasteiger partial charge in [0.1, 0.15) is 10.7 Å². The molecule has 2 aromatic heterocycles. The van der Waals surface area contributed by atoms with Crippen LogP contribution >= 0.6 is 23.1 Å². The maximum Gasteiger partial charge on any atom is 0.259 e. The van der Waals surface area contributed by atoms with Crippen molar-refractivity contribution in [3.63, 3.8) is 0 Å². The first kappa shape index (κ1) is 24.4. The Bertz CT molecular complexity index is 1330. The molecule has 0 fully saturated rings. The van der Waals surface area contributed by atoms with E-state index in [4.69, 9.17) is 5.14 Å². The normalized spacial score (nSPS) is 13.8. The molecule has 3 rings (SSSR count). The van der Waals surface area contributed by atoms with E-state index in [0.29, 0.717) is 27.4 Å². The fourth-order valence-corrected chi connectivity index (χ4v) is 5.77. The summed E-state index contributed by atoms with van der Waals surface area (Å²) in [6.45, 7) is 7.50. The van der Waals surface area contributed by atoms with Gasteiger partial charge in [0.15, 0.2) is 0 Å². The third kappa shape index (κ3) is 5.06. The number of aromatic nitrogens is 2. The van der Waals surface area contributed by atoms with Crippen LogP contribution in [0.4, 0.5) is 0 Å². The molecule has 8 nitrogen and oxygen atoms in total. The van der Waals surface area contributed by atoms with Gasteiger partial charge in [-0.15, -0.1) is 23.1 Å². The van der Waals surface area contributed by atoms with E-state index < -0.39 is 15.3 Å². The van der Waals surface area contributed by atoms with E-state index >= 15 is 0 Å². The lowest BCUT2D eigenvalue weighted by Crippen LogP contribution is -2.35. The fourth-order valence-electron chi connectivity index (χ4n) is 3.30. The van der Waals surface area contributed by atoms with Crippen LogP contribution in [0.15, 0.2) is 34.0 Å². The van der Waals surface area contributed by atoms with E-state index in [1.807, 2.05) is 20.8 Å². The van der Waals surface area contributed by atoms with Crippen molar-refractivity contribution in [2.45, 2.75) is 49.6 Å². The molecule has 0 radical (unpaired) electrons. The van der Waals surface area contributed by atoms with Gasteiger partial charge in [-0.3, -0.25) is 9.59 Å². The molecular formula is C21H26N4O4S3. The minimum Gasteiger partial charge on any atom is -0.338 e. The molecule has 3 N–H and O–H groups in total. The third-order valence-electron chi connectivity index (χ3n) is 5.50. The second-order valence-electron chi connectivity index (χ2n) is 7.67. The Balaban J connectivity index is 1.70. The summed E-state index contributed by atoms with van der Waals surface area (Å²) in [5, 5.41) is 5.45. The third-order valence-corrected chi connectivity index (χ3v) is 8.66. The molecule has 1 aromatic carbocycles. The van der Waals surface area contributed by atoms with Gasteiger partial charge in [0, 0.05) is 11.9 Å². The Hall–Kier alpha value is -2.21. The molecule has 0 saturated carbocycles. The smallest absolute Gasteiger partial charge is 0.259 e. The number of nitrogens with one attached hydrogen (secondary N) is 1. The van der Waals surface area contributed by atoms with Gasteiger partial charge in [-0.1, -0.05) is 12.1 Å². The topological polar surface area (TPSA) is 126 Å². The maximum atomic E-state index is 13.0. The summed E-state index contributed by atoms with van der Waals surface area (Å²) in [6, 6.07) is 5.92. The van der Waals surface area contributed by atoms with Gasteiger partial charge in [-0.2, -0.15) is 0 Å². The summed E-state index contributed by atoms with van der Waals surface area (Å²) in [7, 11) is -2.15. The molecule has 0 spiro atoms. The van der Waals surface area contributed by atoms with Crippen LogP contribution in [-0.2, 0) is 20.6 Å². The van der Waals surface area contributed by atoms with Crippen LogP contribution in [-0.4, -0.2) is 41.5 Å². The number of primary sulfonamides is 1. The Labute approximate surface area is 195 Å². The van der Waals surface area contributed by atoms with Crippen molar-refractivity contribution in [1.29, 1.82) is 0 Å². The summed E-state index contributed by atoms with van der Waals surface area (Å²) in [5.74, 6) is 0.803. The minimum atomic E-state index is -3.82. The van der Waals surface area contributed by atoms with Gasteiger partial charge < -0.3 is 9.88 Å². The first-order chi connectivity index (χ1) is 14.9. The quantitative estimate of drug-likeness (QED) is 0.520. The summed E-state index contributed by atoms with van der Waals surface area (Å²) in [6.07, 6.45) is 0. The molecule has 11 heteroatoms. The van der Waals surface area contributed by atoms with Crippen molar-refractivity contribution in [3.05, 3.63) is 56.4 Å². The van der Waals surface area contributed by atoms with Crippen molar-refractivity contribution in [2.75, 3.05) is 7.05 Å². The van der Waals surface area contributed by atoms with Gasteiger partial charge in [0.05, 0.1) is 27.3 Å². The van der Waals surface area contributed by atoms with E-state index in [0.717, 1.165) is 10.4 Å². The molecule has 0 aliphatic carbocycles. The standard InChI is InChI=1S/C21H26N4O4S3/c1-11-13(3)31-20-18(11)19(26)23-17(24-20)10-30-14(4)21(27)25(5)12(2)15-7-6-8-16(9-15)32(22,28)29/h6-9,12,14H,10H2,1-5H3,(H2,22,28,29)(H,23,24,26). The number of sulfonamides is 1. The van der Waals surface area contributed by atoms with Gasteiger partial charge in [-0.05, 0) is 51.0 Å². The van der Waals surface area contributed by atoms with Gasteiger partial charge in [0.25, 0.3) is 5.56 Å². The van der Waals surface area contributed by atoms with Crippen molar-refractivity contribution in [3.8, 4) is 0 Å². The number of aryl methyl sites for hydroxylation is 2. The molecular weight excluding hydrogens is 468 g/mol. The zero-order chi connectivity index (χ0) is 23.8. The second-order valence-corrected chi connectivity index (χ2v) is 11.8. The minimum absolute atomic E-state index is 0.00888. The Morgan fingerprint density at radius 1 is 1.31 bits per heavy atom. The average Bonchev–Trinajstić information content (AvgIpc) is 3.03. The van der Waals surface area contributed by atoms with Gasteiger partial charge >= 0.3 is 0 Å². The van der Waals surface area contributed by atoms with Crippen molar-refractivity contribution in [1.82, 2.24) is 14.9 Å². The van der Waals surface area contributed by atoms with Crippen LogP contribution in [0, 0.1) is 13.8 Å². The molecule has 0 bridgehead atoms. The number of benzene rings is 1. The number of fused-ring (bicyclic) bond motifs is 1. The summed E-state index contributed by atoms with van der Waals surface area (Å²) < 4.78 is 23.3. The highest BCUT2D eigenvalue weighted by atomic mass is 32.2. The molecule has 0 saturated heterocycles. The fraction of sp³-hybridized carbons (Fsp3) is 0.381. The Kier molecular flexibility index (Phi) is 7.13. The number of thioether (sulfide) groups is 1. The Morgan fingerprint density at radius 2 is 2.00 bits per heavy atom. The summed E-state index contributed by atoms with van der Waals surface area (Å²) in [5.41, 5.74) is 1.46. The number of amides is 1. The van der Waals surface area contributed by atoms with E-state index in [9.17, 15) is 18.0 Å². The number of thiophene rings is 1. The maximum absolute atomic E-state index is 13.0. The lowest BCUT2D eigenvalue weighted by atomic mass is 10.1. The van der Waals surface area contributed by atoms with Gasteiger partial charge in [0.2, 0.25) is 15.9 Å². The van der Waals surface area contributed by atoms with Crippen molar-refractivity contribution in [2.24, 2.45) is 5.14 Å². The highest BCUT2D eigenvalue weighted by molar-refractivity contribution is 7.99.